The van der Waals surface area contributed by atoms with E-state index in [9.17, 15) is 13.2 Å². The Morgan fingerprint density at radius 3 is 2.50 bits per heavy atom. The standard InChI is InChI=1S/C20H24BrF3N6OS/c1-30(2)17-9-10-25-18(29-17)26-13-4-6-14(7-5-13)27-19(32)28-15-8-3-12(21)11-16(15)31-20(22,23)24/h3,8-11,13-14H,4-7H2,1-2H3,(H,25,26,29)(H2,27,28,32)/t13-,14+. The summed E-state index contributed by atoms with van der Waals surface area (Å²) in [6.45, 7) is 0. The van der Waals surface area contributed by atoms with Crippen molar-refractivity contribution in [2.75, 3.05) is 29.6 Å². The van der Waals surface area contributed by atoms with Gasteiger partial charge in [-0.3, -0.25) is 0 Å². The maximum absolute atomic E-state index is 12.7. The first-order valence-corrected chi connectivity index (χ1v) is 11.2. The maximum atomic E-state index is 12.7. The lowest BCUT2D eigenvalue weighted by Gasteiger charge is -2.30. The molecule has 2 aromatic rings. The molecule has 0 atom stereocenters. The molecule has 0 aliphatic heterocycles. The first-order chi connectivity index (χ1) is 15.1. The van der Waals surface area contributed by atoms with E-state index < -0.39 is 6.36 Å². The van der Waals surface area contributed by atoms with Gasteiger partial charge in [-0.05, 0) is 62.2 Å². The van der Waals surface area contributed by atoms with E-state index in [4.69, 9.17) is 12.2 Å². The predicted octanol–water partition coefficient (Wildman–Crippen LogP) is 4.91. The van der Waals surface area contributed by atoms with E-state index in [1.807, 2.05) is 25.1 Å². The first-order valence-electron chi connectivity index (χ1n) is 9.99. The molecule has 7 nitrogen and oxygen atoms in total. The Morgan fingerprint density at radius 1 is 1.16 bits per heavy atom. The lowest BCUT2D eigenvalue weighted by Crippen LogP contribution is -2.42. The van der Waals surface area contributed by atoms with Crippen molar-refractivity contribution < 1.29 is 17.9 Å². The number of hydrogen-bond donors (Lipinski definition) is 3. The third kappa shape index (κ3) is 7.37. The summed E-state index contributed by atoms with van der Waals surface area (Å²) in [6, 6.07) is 6.52. The van der Waals surface area contributed by atoms with E-state index in [-0.39, 0.29) is 28.6 Å². The van der Waals surface area contributed by atoms with Crippen molar-refractivity contribution in [2.24, 2.45) is 0 Å². The summed E-state index contributed by atoms with van der Waals surface area (Å²) < 4.78 is 42.6. The van der Waals surface area contributed by atoms with Crippen LogP contribution in [0.5, 0.6) is 5.75 Å². The molecule has 174 valence electrons. The molecule has 0 bridgehead atoms. The molecule has 1 saturated carbocycles. The second kappa shape index (κ2) is 10.5. The summed E-state index contributed by atoms with van der Waals surface area (Å²) in [4.78, 5) is 10.7. The second-order valence-corrected chi connectivity index (χ2v) is 8.94. The summed E-state index contributed by atoms with van der Waals surface area (Å²) in [5.74, 6) is 1.07. The van der Waals surface area contributed by atoms with E-state index in [1.165, 1.54) is 12.1 Å². The summed E-state index contributed by atoms with van der Waals surface area (Å²) in [6.07, 6.45) is 0.388. The molecule has 0 unspecified atom stereocenters. The minimum atomic E-state index is -4.80. The topological polar surface area (TPSA) is 74.3 Å². The lowest BCUT2D eigenvalue weighted by molar-refractivity contribution is -0.274. The summed E-state index contributed by atoms with van der Waals surface area (Å²) in [5, 5.41) is 9.62. The second-order valence-electron chi connectivity index (χ2n) is 7.61. The molecule has 1 aliphatic rings. The van der Waals surface area contributed by atoms with Gasteiger partial charge in [0.2, 0.25) is 5.95 Å². The number of nitrogens with one attached hydrogen (secondary N) is 3. The quantitative estimate of drug-likeness (QED) is 0.453. The van der Waals surface area contributed by atoms with Gasteiger partial charge in [-0.15, -0.1) is 13.2 Å². The van der Waals surface area contributed by atoms with E-state index >= 15 is 0 Å². The van der Waals surface area contributed by atoms with Gasteiger partial charge < -0.3 is 25.6 Å². The minimum Gasteiger partial charge on any atom is -0.404 e. The van der Waals surface area contributed by atoms with Gasteiger partial charge in [-0.2, -0.15) is 4.98 Å². The molecular formula is C20H24BrF3N6OS. The van der Waals surface area contributed by atoms with Crippen LogP contribution >= 0.6 is 28.1 Å². The molecule has 1 aromatic carbocycles. The van der Waals surface area contributed by atoms with Crippen molar-refractivity contribution >= 4 is 50.7 Å². The Kier molecular flexibility index (Phi) is 7.99. The van der Waals surface area contributed by atoms with Crippen molar-refractivity contribution in [3.05, 3.63) is 34.9 Å². The molecule has 3 N–H and O–H groups in total. The van der Waals surface area contributed by atoms with Crippen LogP contribution in [0.15, 0.2) is 34.9 Å². The van der Waals surface area contributed by atoms with Gasteiger partial charge in [0.05, 0.1) is 5.69 Å². The van der Waals surface area contributed by atoms with Gasteiger partial charge in [-0.1, -0.05) is 15.9 Å². The Morgan fingerprint density at radius 2 is 1.84 bits per heavy atom. The predicted molar refractivity (Wildman–Crippen MR) is 126 cm³/mol. The normalized spacial score (nSPS) is 18.6. The number of aromatic nitrogens is 2. The van der Waals surface area contributed by atoms with Crippen LogP contribution in [-0.2, 0) is 0 Å². The number of hydrogen-bond acceptors (Lipinski definition) is 6. The third-order valence-electron chi connectivity index (χ3n) is 4.91. The van der Waals surface area contributed by atoms with Crippen LogP contribution in [0.4, 0.5) is 30.6 Å². The van der Waals surface area contributed by atoms with Crippen LogP contribution in [0.1, 0.15) is 25.7 Å². The summed E-state index contributed by atoms with van der Waals surface area (Å²) in [5.41, 5.74) is 0.135. The van der Waals surface area contributed by atoms with Crippen LogP contribution in [-0.4, -0.2) is 47.6 Å². The van der Waals surface area contributed by atoms with E-state index in [2.05, 4.69) is 46.6 Å². The Bertz CT molecular complexity index is 938. The molecule has 0 amide bonds. The Hall–Kier alpha value is -2.34. The SMILES string of the molecule is CN(C)c1ccnc(N[C@H]2CC[C@@H](NC(=S)Nc3ccc(Br)cc3OC(F)(F)F)CC2)n1. The van der Waals surface area contributed by atoms with Crippen LogP contribution < -0.4 is 25.6 Å². The third-order valence-corrected chi connectivity index (χ3v) is 5.63. The first kappa shape index (κ1) is 24.3. The monoisotopic (exact) mass is 532 g/mol. The zero-order valence-corrected chi connectivity index (χ0v) is 19.9. The van der Waals surface area contributed by atoms with E-state index in [0.717, 1.165) is 31.5 Å². The molecule has 3 rings (SSSR count). The summed E-state index contributed by atoms with van der Waals surface area (Å²) >= 11 is 8.46. The van der Waals surface area contributed by atoms with Crippen LogP contribution in [0.3, 0.4) is 0 Å². The van der Waals surface area contributed by atoms with Crippen molar-refractivity contribution in [1.82, 2.24) is 15.3 Å². The number of ether oxygens (including phenoxy) is 1. The number of halogens is 4. The smallest absolute Gasteiger partial charge is 0.404 e. The highest BCUT2D eigenvalue weighted by molar-refractivity contribution is 9.10. The maximum Gasteiger partial charge on any atom is 0.573 e. The molecule has 1 aliphatic carbocycles. The Balaban J connectivity index is 1.50. The average molecular weight is 533 g/mol. The number of alkyl halides is 3. The van der Waals surface area contributed by atoms with E-state index in [0.29, 0.717) is 10.4 Å². The number of rotatable bonds is 6. The summed E-state index contributed by atoms with van der Waals surface area (Å²) in [7, 11) is 3.85. The van der Waals surface area contributed by atoms with Gasteiger partial charge in [0.15, 0.2) is 10.9 Å². The van der Waals surface area contributed by atoms with Crippen molar-refractivity contribution in [3.63, 3.8) is 0 Å². The number of anilines is 3. The van der Waals surface area contributed by atoms with Crippen molar-refractivity contribution in [3.8, 4) is 5.75 Å². The highest BCUT2D eigenvalue weighted by Crippen LogP contribution is 2.33. The van der Waals surface area contributed by atoms with Crippen LogP contribution in [0.2, 0.25) is 0 Å². The van der Waals surface area contributed by atoms with Gasteiger partial charge in [0, 0.05) is 36.8 Å². The molecule has 12 heteroatoms. The molecule has 1 fully saturated rings. The van der Waals surface area contributed by atoms with Crippen LogP contribution in [0, 0.1) is 0 Å². The lowest BCUT2D eigenvalue weighted by atomic mass is 9.91. The Labute approximate surface area is 198 Å². The number of benzene rings is 1. The van der Waals surface area contributed by atoms with Crippen molar-refractivity contribution in [2.45, 2.75) is 44.1 Å². The zero-order valence-electron chi connectivity index (χ0n) is 17.5. The molecule has 32 heavy (non-hydrogen) atoms. The van der Waals surface area contributed by atoms with Crippen LogP contribution in [0.25, 0.3) is 0 Å². The number of thiocarbonyl (C=S) groups is 1. The fraction of sp³-hybridized carbons (Fsp3) is 0.450. The highest BCUT2D eigenvalue weighted by Gasteiger charge is 2.32. The van der Waals surface area contributed by atoms with Gasteiger partial charge in [0.1, 0.15) is 5.82 Å². The van der Waals surface area contributed by atoms with Gasteiger partial charge >= 0.3 is 6.36 Å². The van der Waals surface area contributed by atoms with Gasteiger partial charge in [0.25, 0.3) is 0 Å². The number of nitrogens with zero attached hydrogens (tertiary/aromatic N) is 3. The van der Waals surface area contributed by atoms with E-state index in [1.54, 1.807) is 12.3 Å². The highest BCUT2D eigenvalue weighted by atomic mass is 79.9. The van der Waals surface area contributed by atoms with Gasteiger partial charge in [-0.25, -0.2) is 4.98 Å². The fourth-order valence-corrected chi connectivity index (χ4v) is 4.00. The average Bonchev–Trinajstić information content (AvgIpc) is 2.70. The zero-order chi connectivity index (χ0) is 23.3. The largest absolute Gasteiger partial charge is 0.573 e. The molecule has 1 heterocycles. The molecule has 0 radical (unpaired) electrons. The fourth-order valence-electron chi connectivity index (χ4n) is 3.38. The molecule has 0 spiro atoms. The molecular weight excluding hydrogens is 509 g/mol. The molecule has 1 aromatic heterocycles. The molecule has 0 saturated heterocycles. The minimum absolute atomic E-state index is 0.115. The van der Waals surface area contributed by atoms with Crippen molar-refractivity contribution in [1.29, 1.82) is 0 Å².